The molecule has 2 saturated heterocycles. The first-order chi connectivity index (χ1) is 21.0. The van der Waals surface area contributed by atoms with E-state index in [1.165, 1.54) is 21.3 Å². The van der Waals surface area contributed by atoms with Crippen LogP contribution in [0.2, 0.25) is 0 Å². The first kappa shape index (κ1) is 31.0. The highest BCUT2D eigenvalue weighted by molar-refractivity contribution is 7.89. The fraction of sp³-hybridized carbons (Fsp3) is 0.562. The Morgan fingerprint density at radius 3 is 2.66 bits per heavy atom. The van der Waals surface area contributed by atoms with Crippen LogP contribution in [0.15, 0.2) is 53.4 Å². The Morgan fingerprint density at radius 2 is 1.91 bits per heavy atom. The minimum absolute atomic E-state index is 0.0102. The number of aliphatic hydroxyl groups excluding tert-OH is 1. The van der Waals surface area contributed by atoms with E-state index in [1.54, 1.807) is 13.1 Å². The number of alkyl carbamates (subject to hydrolysis) is 1. The summed E-state index contributed by atoms with van der Waals surface area (Å²) in [5.41, 5.74) is 2.00. The predicted molar refractivity (Wildman–Crippen MR) is 160 cm³/mol. The van der Waals surface area contributed by atoms with Gasteiger partial charge in [0.15, 0.2) is 6.29 Å². The van der Waals surface area contributed by atoms with Crippen molar-refractivity contribution in [1.82, 2.24) is 14.5 Å². The number of ether oxygens (including phenoxy) is 3. The zero-order valence-electron chi connectivity index (χ0n) is 25.3. The molecule has 4 aliphatic rings. The highest BCUT2D eigenvalue weighted by Crippen LogP contribution is 2.46. The second-order valence-corrected chi connectivity index (χ2v) is 14.9. The molecule has 3 aliphatic heterocycles. The second-order valence-electron chi connectivity index (χ2n) is 12.9. The lowest BCUT2D eigenvalue weighted by molar-refractivity contribution is -0.153. The third kappa shape index (κ3) is 6.23. The van der Waals surface area contributed by atoms with Crippen molar-refractivity contribution in [3.63, 3.8) is 0 Å². The van der Waals surface area contributed by atoms with Crippen molar-refractivity contribution in [2.24, 2.45) is 17.8 Å². The number of hydrogen-bond acceptors (Lipinski definition) is 8. The van der Waals surface area contributed by atoms with Crippen molar-refractivity contribution in [3.8, 4) is 0 Å². The van der Waals surface area contributed by atoms with Crippen LogP contribution in [0.3, 0.4) is 0 Å². The number of fused-ring (bicyclic) bond motifs is 3. The summed E-state index contributed by atoms with van der Waals surface area (Å²) in [7, 11) is -2.42. The number of rotatable bonds is 11. The molecule has 3 heterocycles. The third-order valence-corrected chi connectivity index (χ3v) is 10.9. The van der Waals surface area contributed by atoms with Crippen molar-refractivity contribution in [3.05, 3.63) is 65.2 Å². The first-order valence-corrected chi connectivity index (χ1v) is 16.8. The summed E-state index contributed by atoms with van der Waals surface area (Å²) in [6.07, 6.45) is -0.952. The van der Waals surface area contributed by atoms with E-state index >= 15 is 0 Å². The molecule has 44 heavy (non-hydrogen) atoms. The summed E-state index contributed by atoms with van der Waals surface area (Å²) in [5, 5.41) is 14.4. The molecule has 2 amide bonds. The molecule has 12 heteroatoms. The highest BCUT2D eigenvalue weighted by atomic mass is 32.2. The largest absolute Gasteiger partial charge is 0.443 e. The van der Waals surface area contributed by atoms with Crippen LogP contribution in [0, 0.1) is 17.8 Å². The molecule has 3 fully saturated rings. The van der Waals surface area contributed by atoms with Gasteiger partial charge in [-0.3, -0.25) is 4.79 Å². The van der Waals surface area contributed by atoms with Gasteiger partial charge in [0.25, 0.3) is 5.91 Å². The Bertz CT molecular complexity index is 1480. The minimum atomic E-state index is -4.10. The number of carbonyl (C=O) groups excluding carboxylic acids is 2. The molecule has 1 aliphatic carbocycles. The SMILES string of the molecule is CC(C)CN(C[C@@H](O)[C@H](Cc1ccccc1)NC(=O)OC1C2COC3O[C@H]1CC3C2)S(=O)(=O)c1ccc2c(c1)C(=O)N(C)C2. The van der Waals surface area contributed by atoms with Crippen molar-refractivity contribution in [2.45, 2.75) is 75.2 Å². The molecular formula is C32H41N3O8S. The quantitative estimate of drug-likeness (QED) is 0.389. The van der Waals surface area contributed by atoms with Gasteiger partial charge in [0.2, 0.25) is 10.0 Å². The van der Waals surface area contributed by atoms with Gasteiger partial charge in [-0.25, -0.2) is 13.2 Å². The van der Waals surface area contributed by atoms with Crippen LogP contribution in [0.1, 0.15) is 48.2 Å². The lowest BCUT2D eigenvalue weighted by Gasteiger charge is -2.37. The maximum atomic E-state index is 14.0. The maximum Gasteiger partial charge on any atom is 0.407 e. The molecule has 6 rings (SSSR count). The lowest BCUT2D eigenvalue weighted by atomic mass is 9.78. The van der Waals surface area contributed by atoms with Crippen LogP contribution >= 0.6 is 0 Å². The molecule has 0 aromatic heterocycles. The number of carbonyl (C=O) groups is 2. The molecule has 2 aromatic carbocycles. The molecule has 11 nitrogen and oxygen atoms in total. The van der Waals surface area contributed by atoms with Gasteiger partial charge in [-0.05, 0) is 48.4 Å². The summed E-state index contributed by atoms with van der Waals surface area (Å²) in [4.78, 5) is 27.4. The smallest absolute Gasteiger partial charge is 0.407 e. The number of benzene rings is 2. The molecule has 2 aromatic rings. The van der Waals surface area contributed by atoms with Gasteiger partial charge in [0.1, 0.15) is 6.10 Å². The second kappa shape index (κ2) is 12.4. The van der Waals surface area contributed by atoms with Gasteiger partial charge in [0, 0.05) is 44.1 Å². The molecule has 1 saturated carbocycles. The zero-order valence-corrected chi connectivity index (χ0v) is 26.1. The standard InChI is InChI=1S/C32H41N3O8S/c1-19(2)15-35(44(39,40)24-10-9-21-16-34(3)30(37)25(21)14-24)17-27(36)26(11-20-7-5-4-6-8-20)33-32(38)43-29-23-12-22-13-28(29)42-31(22)41-18-23/h4-10,14,19,22-23,26-29,31,36H,11-13,15-18H2,1-3H3,(H,33,38)/t22?,23?,26-,27+,28-,29?,31?/m0/s1. The number of hydrogen-bond donors (Lipinski definition) is 2. The van der Waals surface area contributed by atoms with Gasteiger partial charge in [-0.15, -0.1) is 0 Å². The predicted octanol–water partition coefficient (Wildman–Crippen LogP) is 2.77. The van der Waals surface area contributed by atoms with Crippen LogP contribution in [-0.2, 0) is 37.2 Å². The summed E-state index contributed by atoms with van der Waals surface area (Å²) in [6.45, 7) is 4.55. The van der Waals surface area contributed by atoms with E-state index in [9.17, 15) is 23.1 Å². The maximum absolute atomic E-state index is 14.0. The van der Waals surface area contributed by atoms with Gasteiger partial charge in [0.05, 0.1) is 29.8 Å². The molecule has 3 bridgehead atoms. The number of nitrogens with one attached hydrogen (secondary N) is 1. The highest BCUT2D eigenvalue weighted by Gasteiger charge is 2.53. The van der Waals surface area contributed by atoms with Gasteiger partial charge in [-0.1, -0.05) is 50.2 Å². The third-order valence-electron chi connectivity index (χ3n) is 9.11. The molecule has 7 atom stereocenters. The lowest BCUT2D eigenvalue weighted by Crippen LogP contribution is -2.53. The summed E-state index contributed by atoms with van der Waals surface area (Å²) < 4.78 is 46.8. The van der Waals surface area contributed by atoms with Crippen LogP contribution < -0.4 is 5.32 Å². The topological polar surface area (TPSA) is 135 Å². The molecule has 2 N–H and O–H groups in total. The van der Waals surface area contributed by atoms with Gasteiger partial charge < -0.3 is 29.5 Å². The normalized spacial score (nSPS) is 27.1. The minimum Gasteiger partial charge on any atom is -0.443 e. The first-order valence-electron chi connectivity index (χ1n) is 15.3. The Morgan fingerprint density at radius 1 is 1.14 bits per heavy atom. The monoisotopic (exact) mass is 627 g/mol. The number of nitrogens with zero attached hydrogens (tertiary/aromatic N) is 2. The summed E-state index contributed by atoms with van der Waals surface area (Å²) >= 11 is 0. The Labute approximate surface area is 258 Å². The molecule has 238 valence electrons. The number of amides is 2. The number of sulfonamides is 1. The van der Waals surface area contributed by atoms with E-state index in [1.807, 2.05) is 44.2 Å². The molecule has 4 unspecified atom stereocenters. The Balaban J connectivity index is 1.21. The van der Waals surface area contributed by atoms with Crippen LogP contribution in [0.25, 0.3) is 0 Å². The van der Waals surface area contributed by atoms with E-state index in [2.05, 4.69) is 5.32 Å². The fourth-order valence-corrected chi connectivity index (χ4v) is 8.58. The van der Waals surface area contributed by atoms with Crippen LogP contribution in [-0.4, -0.2) is 92.1 Å². The summed E-state index contributed by atoms with van der Waals surface area (Å²) in [5.74, 6) is 0.0947. The van der Waals surface area contributed by atoms with E-state index in [4.69, 9.17) is 14.2 Å². The van der Waals surface area contributed by atoms with E-state index < -0.39 is 34.4 Å². The van der Waals surface area contributed by atoms with Crippen molar-refractivity contribution < 1.29 is 37.3 Å². The average molecular weight is 628 g/mol. The van der Waals surface area contributed by atoms with Crippen molar-refractivity contribution in [2.75, 3.05) is 26.7 Å². The number of aliphatic hydroxyl groups is 1. The molecule has 0 spiro atoms. The van der Waals surface area contributed by atoms with E-state index in [0.717, 1.165) is 24.0 Å². The Hall–Kier alpha value is -3.03. The Kier molecular flexibility index (Phi) is 8.73. The molecular weight excluding hydrogens is 586 g/mol. The average Bonchev–Trinajstić information content (AvgIpc) is 3.45. The van der Waals surface area contributed by atoms with Crippen LogP contribution in [0.5, 0.6) is 0 Å². The van der Waals surface area contributed by atoms with Gasteiger partial charge in [-0.2, -0.15) is 4.31 Å². The summed E-state index contributed by atoms with van der Waals surface area (Å²) in [6, 6.07) is 13.1. The van der Waals surface area contributed by atoms with E-state index in [-0.39, 0.29) is 54.5 Å². The van der Waals surface area contributed by atoms with Crippen molar-refractivity contribution >= 4 is 22.0 Å². The zero-order chi connectivity index (χ0) is 31.2. The fourth-order valence-electron chi connectivity index (χ4n) is 6.93. The molecule has 0 radical (unpaired) electrons. The van der Waals surface area contributed by atoms with Gasteiger partial charge >= 0.3 is 6.09 Å². The van der Waals surface area contributed by atoms with Crippen LogP contribution in [0.4, 0.5) is 4.79 Å². The van der Waals surface area contributed by atoms with E-state index in [0.29, 0.717) is 24.6 Å². The van der Waals surface area contributed by atoms with Crippen molar-refractivity contribution in [1.29, 1.82) is 0 Å².